The van der Waals surface area contributed by atoms with Crippen LogP contribution in [0, 0.1) is 0 Å². The summed E-state index contributed by atoms with van der Waals surface area (Å²) in [6.45, 7) is 4.36. The fourth-order valence-electron chi connectivity index (χ4n) is 3.23. The van der Waals surface area contributed by atoms with Crippen molar-refractivity contribution in [3.05, 3.63) is 23.3 Å². The molecule has 2 aliphatic rings. The topological polar surface area (TPSA) is 33.7 Å². The summed E-state index contributed by atoms with van der Waals surface area (Å²) in [5.41, 5.74) is 2.74. The third-order valence-electron chi connectivity index (χ3n) is 4.24. The van der Waals surface area contributed by atoms with Gasteiger partial charge in [0.05, 0.1) is 14.2 Å². The third-order valence-corrected chi connectivity index (χ3v) is 4.24. The molecule has 2 heterocycles. The van der Waals surface area contributed by atoms with E-state index in [4.69, 9.17) is 9.47 Å². The number of nitrogens with one attached hydrogen (secondary N) is 1. The lowest BCUT2D eigenvalue weighted by atomic mass is 9.95. The maximum atomic E-state index is 5.45. The Morgan fingerprint density at radius 1 is 1.11 bits per heavy atom. The minimum Gasteiger partial charge on any atom is -0.493 e. The molecule has 104 valence electrons. The van der Waals surface area contributed by atoms with Gasteiger partial charge in [0.1, 0.15) is 0 Å². The first-order valence-electron chi connectivity index (χ1n) is 7.03. The Morgan fingerprint density at radius 3 is 2.47 bits per heavy atom. The molecule has 0 spiro atoms. The Hall–Kier alpha value is -1.26. The minimum atomic E-state index is 0.478. The number of rotatable bonds is 3. The molecule has 0 aliphatic carbocycles. The van der Waals surface area contributed by atoms with E-state index in [-0.39, 0.29) is 0 Å². The molecule has 1 aromatic carbocycles. The Balaban J connectivity index is 1.98. The van der Waals surface area contributed by atoms with Crippen LogP contribution in [0.2, 0.25) is 0 Å². The van der Waals surface area contributed by atoms with E-state index in [2.05, 4.69) is 22.3 Å². The summed E-state index contributed by atoms with van der Waals surface area (Å²) in [4.78, 5) is 2.58. The predicted octanol–water partition coefficient (Wildman–Crippen LogP) is 1.94. The normalized spacial score (nSPS) is 23.2. The van der Waals surface area contributed by atoms with Gasteiger partial charge in [-0.1, -0.05) is 0 Å². The number of methoxy groups -OCH3 is 2. The number of hydrogen-bond acceptors (Lipinski definition) is 4. The van der Waals surface area contributed by atoms with E-state index < -0.39 is 0 Å². The van der Waals surface area contributed by atoms with E-state index in [1.54, 1.807) is 14.2 Å². The van der Waals surface area contributed by atoms with Crippen LogP contribution in [-0.4, -0.2) is 38.8 Å². The summed E-state index contributed by atoms with van der Waals surface area (Å²) in [6, 6.07) is 4.76. The average Bonchev–Trinajstić information content (AvgIpc) is 2.99. The molecule has 1 N–H and O–H groups in total. The van der Waals surface area contributed by atoms with Gasteiger partial charge < -0.3 is 14.8 Å². The highest BCUT2D eigenvalue weighted by molar-refractivity contribution is 5.49. The molecule has 2 aliphatic heterocycles. The van der Waals surface area contributed by atoms with Crippen molar-refractivity contribution in [1.29, 1.82) is 0 Å². The maximum Gasteiger partial charge on any atom is 0.161 e. The average molecular weight is 262 g/mol. The van der Waals surface area contributed by atoms with Crippen LogP contribution in [0.5, 0.6) is 11.5 Å². The molecular formula is C15H22N2O2. The van der Waals surface area contributed by atoms with Crippen LogP contribution in [0.4, 0.5) is 0 Å². The molecule has 1 aromatic rings. The van der Waals surface area contributed by atoms with Crippen molar-refractivity contribution < 1.29 is 9.47 Å². The van der Waals surface area contributed by atoms with Gasteiger partial charge in [-0.2, -0.15) is 0 Å². The van der Waals surface area contributed by atoms with Gasteiger partial charge in [-0.05, 0) is 49.2 Å². The molecule has 19 heavy (non-hydrogen) atoms. The molecular weight excluding hydrogens is 240 g/mol. The summed E-state index contributed by atoms with van der Waals surface area (Å²) in [7, 11) is 3.40. The molecule has 0 aromatic heterocycles. The van der Waals surface area contributed by atoms with E-state index in [1.165, 1.54) is 37.1 Å². The molecule has 1 fully saturated rings. The molecule has 4 nitrogen and oxygen atoms in total. The van der Waals surface area contributed by atoms with Crippen molar-refractivity contribution in [1.82, 2.24) is 10.2 Å². The lowest BCUT2D eigenvalue weighted by Crippen LogP contribution is -2.38. The zero-order valence-electron chi connectivity index (χ0n) is 11.7. The van der Waals surface area contributed by atoms with Gasteiger partial charge in [-0.3, -0.25) is 4.90 Å². The Labute approximate surface area is 114 Å². The number of ether oxygens (including phenoxy) is 2. The Kier molecular flexibility index (Phi) is 3.62. The lowest BCUT2D eigenvalue weighted by Gasteiger charge is -2.34. The van der Waals surface area contributed by atoms with E-state index in [1.807, 2.05) is 0 Å². The van der Waals surface area contributed by atoms with Crippen molar-refractivity contribution in [2.45, 2.75) is 25.4 Å². The maximum absolute atomic E-state index is 5.45. The monoisotopic (exact) mass is 262 g/mol. The van der Waals surface area contributed by atoms with E-state index in [9.17, 15) is 0 Å². The largest absolute Gasteiger partial charge is 0.493 e. The Bertz CT molecular complexity index is 456. The number of likely N-dealkylation sites (tertiary alicyclic amines) is 1. The summed E-state index contributed by atoms with van der Waals surface area (Å²) in [5.74, 6) is 1.66. The van der Waals surface area contributed by atoms with E-state index in [0.717, 1.165) is 24.6 Å². The molecule has 0 saturated carbocycles. The summed E-state index contributed by atoms with van der Waals surface area (Å²) in [5, 5.41) is 3.52. The molecule has 0 unspecified atom stereocenters. The van der Waals surface area contributed by atoms with Crippen molar-refractivity contribution in [3.8, 4) is 11.5 Å². The predicted molar refractivity (Wildman–Crippen MR) is 74.8 cm³/mol. The van der Waals surface area contributed by atoms with Gasteiger partial charge in [0.25, 0.3) is 0 Å². The quantitative estimate of drug-likeness (QED) is 0.902. The second-order valence-corrected chi connectivity index (χ2v) is 5.30. The number of fused-ring (bicyclic) bond motifs is 1. The molecule has 3 rings (SSSR count). The fraction of sp³-hybridized carbons (Fsp3) is 0.600. The second kappa shape index (κ2) is 5.39. The lowest BCUT2D eigenvalue weighted by molar-refractivity contribution is 0.227. The number of benzene rings is 1. The van der Waals surface area contributed by atoms with Gasteiger partial charge >= 0.3 is 0 Å². The number of nitrogens with zero attached hydrogens (tertiary/aromatic N) is 1. The van der Waals surface area contributed by atoms with Gasteiger partial charge in [0.2, 0.25) is 0 Å². The van der Waals surface area contributed by atoms with Crippen LogP contribution >= 0.6 is 0 Å². The zero-order valence-corrected chi connectivity index (χ0v) is 11.7. The van der Waals surface area contributed by atoms with Crippen LogP contribution < -0.4 is 14.8 Å². The molecule has 1 saturated heterocycles. The smallest absolute Gasteiger partial charge is 0.161 e. The summed E-state index contributed by atoms with van der Waals surface area (Å²) >= 11 is 0. The van der Waals surface area contributed by atoms with Gasteiger partial charge in [-0.25, -0.2) is 0 Å². The standard InChI is InChI=1S/C15H22N2O2/c1-18-14-7-11-9-16-10-13(17-5-3-4-6-17)12(11)8-15(14)19-2/h7-8,13,16H,3-6,9-10H2,1-2H3/t13-/m1/s1. The molecule has 0 amide bonds. The van der Waals surface area contributed by atoms with Crippen molar-refractivity contribution >= 4 is 0 Å². The highest BCUT2D eigenvalue weighted by atomic mass is 16.5. The van der Waals surface area contributed by atoms with Gasteiger partial charge in [0, 0.05) is 19.1 Å². The van der Waals surface area contributed by atoms with Gasteiger partial charge in [-0.15, -0.1) is 0 Å². The van der Waals surface area contributed by atoms with Crippen molar-refractivity contribution in [2.24, 2.45) is 0 Å². The van der Waals surface area contributed by atoms with Crippen LogP contribution in [0.25, 0.3) is 0 Å². The second-order valence-electron chi connectivity index (χ2n) is 5.30. The Morgan fingerprint density at radius 2 is 1.79 bits per heavy atom. The van der Waals surface area contributed by atoms with Crippen LogP contribution in [-0.2, 0) is 6.54 Å². The van der Waals surface area contributed by atoms with Crippen molar-refractivity contribution in [2.75, 3.05) is 33.9 Å². The third kappa shape index (κ3) is 2.30. The molecule has 0 bridgehead atoms. The first-order chi connectivity index (χ1) is 9.33. The summed E-state index contributed by atoms with van der Waals surface area (Å²) in [6.07, 6.45) is 2.64. The van der Waals surface area contributed by atoms with Crippen LogP contribution in [0.1, 0.15) is 30.0 Å². The zero-order chi connectivity index (χ0) is 13.2. The SMILES string of the molecule is COc1cc2c(cc1OC)[C@H](N1CCCC1)CNC2. The van der Waals surface area contributed by atoms with Gasteiger partial charge in [0.15, 0.2) is 11.5 Å². The van der Waals surface area contributed by atoms with Crippen LogP contribution in [0.3, 0.4) is 0 Å². The van der Waals surface area contributed by atoms with E-state index in [0.29, 0.717) is 6.04 Å². The summed E-state index contributed by atoms with van der Waals surface area (Å²) < 4.78 is 10.8. The molecule has 0 radical (unpaired) electrons. The highest BCUT2D eigenvalue weighted by Gasteiger charge is 2.29. The fourth-order valence-corrected chi connectivity index (χ4v) is 3.23. The molecule has 4 heteroatoms. The highest BCUT2D eigenvalue weighted by Crippen LogP contribution is 2.37. The number of hydrogen-bond donors (Lipinski definition) is 1. The van der Waals surface area contributed by atoms with Crippen LogP contribution in [0.15, 0.2) is 12.1 Å². The van der Waals surface area contributed by atoms with Crippen molar-refractivity contribution in [3.63, 3.8) is 0 Å². The van der Waals surface area contributed by atoms with E-state index >= 15 is 0 Å². The first kappa shape index (κ1) is 12.8. The minimum absolute atomic E-state index is 0.478. The first-order valence-corrected chi connectivity index (χ1v) is 7.03. The molecule has 1 atom stereocenters.